The molecule has 306 valence electrons. The van der Waals surface area contributed by atoms with Crippen LogP contribution in [0.4, 0.5) is 17.1 Å². The monoisotopic (exact) mass is 819 g/mol. The van der Waals surface area contributed by atoms with Crippen molar-refractivity contribution in [1.82, 2.24) is 0 Å². The number of fused-ring (bicyclic) bond motifs is 13. The molecule has 10 aromatic rings. The van der Waals surface area contributed by atoms with Gasteiger partial charge in [0, 0.05) is 33.3 Å². The predicted molar refractivity (Wildman–Crippen MR) is 272 cm³/mol. The molecule has 0 fully saturated rings. The highest BCUT2D eigenvalue weighted by atomic mass is 15.1. The van der Waals surface area contributed by atoms with Crippen molar-refractivity contribution in [3.8, 4) is 44.5 Å². The highest BCUT2D eigenvalue weighted by molar-refractivity contribution is 6.04. The molecule has 10 aromatic carbocycles. The largest absolute Gasteiger partial charge is 0.310 e. The van der Waals surface area contributed by atoms with Crippen LogP contribution >= 0.6 is 0 Å². The molecule has 0 saturated heterocycles. The minimum atomic E-state index is -0.208. The van der Waals surface area contributed by atoms with Gasteiger partial charge in [-0.15, -0.1) is 0 Å². The van der Waals surface area contributed by atoms with Crippen molar-refractivity contribution < 1.29 is 0 Å². The van der Waals surface area contributed by atoms with Gasteiger partial charge in [-0.25, -0.2) is 0 Å². The van der Waals surface area contributed by atoms with Gasteiger partial charge >= 0.3 is 0 Å². The molecule has 0 bridgehead atoms. The van der Waals surface area contributed by atoms with Crippen LogP contribution in [0.3, 0.4) is 0 Å². The van der Waals surface area contributed by atoms with Crippen LogP contribution in [-0.4, -0.2) is 0 Å². The molecule has 64 heavy (non-hydrogen) atoms. The minimum absolute atomic E-state index is 0.0978. The molecule has 0 amide bonds. The first-order chi connectivity index (χ1) is 31.0. The molecule has 3 aliphatic carbocycles. The van der Waals surface area contributed by atoms with Gasteiger partial charge in [0.15, 0.2) is 0 Å². The third-order valence-corrected chi connectivity index (χ3v) is 15.6. The van der Waals surface area contributed by atoms with E-state index in [2.05, 4.69) is 234 Å². The fourth-order valence-electron chi connectivity index (χ4n) is 12.1. The maximum atomic E-state index is 2.55. The van der Waals surface area contributed by atoms with Crippen molar-refractivity contribution in [2.24, 2.45) is 0 Å². The van der Waals surface area contributed by atoms with Gasteiger partial charge in [0.2, 0.25) is 0 Å². The van der Waals surface area contributed by atoms with Gasteiger partial charge in [-0.3, -0.25) is 0 Å². The third kappa shape index (κ3) is 5.13. The van der Waals surface area contributed by atoms with Gasteiger partial charge in [0.05, 0.1) is 0 Å². The van der Waals surface area contributed by atoms with Gasteiger partial charge in [0.1, 0.15) is 0 Å². The number of nitrogens with zero attached hydrogens (tertiary/aromatic N) is 1. The molecule has 0 saturated carbocycles. The Labute approximate surface area is 376 Å². The second-order valence-corrected chi connectivity index (χ2v) is 20.2. The summed E-state index contributed by atoms with van der Waals surface area (Å²) in [6.07, 6.45) is 0. The number of hydrogen-bond acceptors (Lipinski definition) is 1. The lowest BCUT2D eigenvalue weighted by molar-refractivity contribution is 0.652. The second-order valence-electron chi connectivity index (χ2n) is 20.2. The molecule has 3 aliphatic rings. The SMILES string of the molecule is CC1(C)c2cc(N(c3cccc(-c4ccccc4)c3)c3ccc4cc5c(cc4c3)C(C)(C)c3cc4ccccc4cc3-5)ccc2-c2cc3c(cc21)-c1c(ccc2ccccc12)C3(C)C. The van der Waals surface area contributed by atoms with Crippen LogP contribution in [-0.2, 0) is 16.2 Å². The number of rotatable bonds is 4. The van der Waals surface area contributed by atoms with Crippen LogP contribution in [0.2, 0.25) is 0 Å². The Balaban J connectivity index is 0.972. The van der Waals surface area contributed by atoms with E-state index < -0.39 is 0 Å². The lowest BCUT2D eigenvalue weighted by atomic mass is 9.79. The van der Waals surface area contributed by atoms with Crippen molar-refractivity contribution in [2.45, 2.75) is 57.8 Å². The summed E-state index contributed by atoms with van der Waals surface area (Å²) in [4.78, 5) is 2.48. The average molecular weight is 820 g/mol. The summed E-state index contributed by atoms with van der Waals surface area (Å²) in [5, 5.41) is 7.75. The summed E-state index contributed by atoms with van der Waals surface area (Å²) in [7, 11) is 0. The smallest absolute Gasteiger partial charge is 0.0468 e. The molecule has 0 atom stereocenters. The molecule has 0 aliphatic heterocycles. The van der Waals surface area contributed by atoms with Crippen molar-refractivity contribution >= 4 is 49.4 Å². The third-order valence-electron chi connectivity index (χ3n) is 15.6. The lowest BCUT2D eigenvalue weighted by Crippen LogP contribution is -2.17. The normalized spacial score (nSPS) is 15.4. The van der Waals surface area contributed by atoms with E-state index >= 15 is 0 Å². The first kappa shape index (κ1) is 37.3. The molecule has 1 nitrogen and oxygen atoms in total. The highest BCUT2D eigenvalue weighted by Gasteiger charge is 2.43. The van der Waals surface area contributed by atoms with E-state index in [1.807, 2.05) is 0 Å². The maximum absolute atomic E-state index is 2.55. The summed E-state index contributed by atoms with van der Waals surface area (Å²) in [6.45, 7) is 14.5. The molecule has 1 heteroatoms. The standard InChI is InChI=1S/C63H49N/c1-61(2)54-28-24-39-17-12-13-22-48(39)60(54)53-37-58-52(36-59(53)61)49-27-26-47(35-57(49)63(58,5)6)64(45-21-14-20-40(29-45)38-15-8-7-9-16-38)46-25-23-43-32-51-50-31-41-18-10-11-19-42(41)33-55(50)62(3,4)56(51)34-44(43)30-46/h7-37H,1-6H3. The summed E-state index contributed by atoms with van der Waals surface area (Å²) in [5.41, 5.74) is 22.1. The van der Waals surface area contributed by atoms with E-state index in [4.69, 9.17) is 0 Å². The first-order valence-electron chi connectivity index (χ1n) is 22.9. The predicted octanol–water partition coefficient (Wildman–Crippen LogP) is 17.2. The van der Waals surface area contributed by atoms with Crippen molar-refractivity contribution in [3.05, 3.63) is 221 Å². The van der Waals surface area contributed by atoms with Gasteiger partial charge in [-0.2, -0.15) is 0 Å². The molecule has 0 spiro atoms. The Kier molecular flexibility index (Phi) is 7.54. The van der Waals surface area contributed by atoms with Crippen LogP contribution in [0.15, 0.2) is 188 Å². The van der Waals surface area contributed by atoms with E-state index in [-0.39, 0.29) is 16.2 Å². The van der Waals surface area contributed by atoms with Crippen LogP contribution < -0.4 is 4.90 Å². The molecular formula is C63H49N. The van der Waals surface area contributed by atoms with Crippen LogP contribution in [0, 0.1) is 0 Å². The van der Waals surface area contributed by atoms with E-state index in [0.29, 0.717) is 0 Å². The van der Waals surface area contributed by atoms with Crippen LogP contribution in [0.25, 0.3) is 76.8 Å². The highest BCUT2D eigenvalue weighted by Crippen LogP contribution is 2.58. The summed E-state index contributed by atoms with van der Waals surface area (Å²) in [5.74, 6) is 0. The molecule has 0 unspecified atom stereocenters. The zero-order chi connectivity index (χ0) is 43.3. The van der Waals surface area contributed by atoms with E-state index in [0.717, 1.165) is 17.1 Å². The Morgan fingerprint density at radius 2 is 0.781 bits per heavy atom. The van der Waals surface area contributed by atoms with Crippen molar-refractivity contribution in [1.29, 1.82) is 0 Å². The Bertz CT molecular complexity index is 3640. The summed E-state index contributed by atoms with van der Waals surface area (Å²) < 4.78 is 0. The molecule has 13 rings (SSSR count). The zero-order valence-electron chi connectivity index (χ0n) is 37.3. The number of hydrogen-bond donors (Lipinski definition) is 0. The Morgan fingerprint density at radius 3 is 1.55 bits per heavy atom. The van der Waals surface area contributed by atoms with Gasteiger partial charge < -0.3 is 4.90 Å². The van der Waals surface area contributed by atoms with Crippen LogP contribution in [0.5, 0.6) is 0 Å². The van der Waals surface area contributed by atoms with E-state index in [1.165, 1.54) is 110 Å². The lowest BCUT2D eigenvalue weighted by Gasteiger charge is -2.29. The van der Waals surface area contributed by atoms with E-state index in [9.17, 15) is 0 Å². The van der Waals surface area contributed by atoms with Crippen molar-refractivity contribution in [2.75, 3.05) is 4.90 Å². The van der Waals surface area contributed by atoms with E-state index in [1.54, 1.807) is 0 Å². The zero-order valence-corrected chi connectivity index (χ0v) is 37.3. The molecule has 0 radical (unpaired) electrons. The second kappa shape index (κ2) is 12.9. The van der Waals surface area contributed by atoms with Gasteiger partial charge in [-0.05, 0) is 183 Å². The van der Waals surface area contributed by atoms with Gasteiger partial charge in [0.25, 0.3) is 0 Å². The Hall–Kier alpha value is -7.22. The minimum Gasteiger partial charge on any atom is -0.310 e. The topological polar surface area (TPSA) is 3.24 Å². The molecule has 0 aromatic heterocycles. The Morgan fingerprint density at radius 1 is 0.281 bits per heavy atom. The van der Waals surface area contributed by atoms with Crippen LogP contribution in [0.1, 0.15) is 74.9 Å². The number of benzene rings is 10. The molecular weight excluding hydrogens is 771 g/mol. The molecule has 0 N–H and O–H groups in total. The fourth-order valence-corrected chi connectivity index (χ4v) is 12.1. The van der Waals surface area contributed by atoms with Gasteiger partial charge in [-0.1, -0.05) is 157 Å². The average Bonchev–Trinajstić information content (AvgIpc) is 3.78. The number of anilines is 3. The molecule has 0 heterocycles. The quantitative estimate of drug-likeness (QED) is 0.171. The van der Waals surface area contributed by atoms with Crippen molar-refractivity contribution in [3.63, 3.8) is 0 Å². The maximum Gasteiger partial charge on any atom is 0.0468 e. The fraction of sp³-hybridized carbons (Fsp3) is 0.143. The summed E-state index contributed by atoms with van der Waals surface area (Å²) in [6, 6.07) is 71.3. The summed E-state index contributed by atoms with van der Waals surface area (Å²) >= 11 is 0. The first-order valence-corrected chi connectivity index (χ1v) is 22.9.